The first-order valence-electron chi connectivity index (χ1n) is 11.8. The number of halogens is 3. The highest BCUT2D eigenvalue weighted by Crippen LogP contribution is 2.35. The number of hydrogen-bond donors (Lipinski definition) is 0. The van der Waals surface area contributed by atoms with Gasteiger partial charge in [0.05, 0.1) is 26.1 Å². The quantitative estimate of drug-likeness (QED) is 0.162. The third-order valence-corrected chi connectivity index (χ3v) is 7.62. The van der Waals surface area contributed by atoms with Crippen molar-refractivity contribution in [2.75, 3.05) is 0 Å². The summed E-state index contributed by atoms with van der Waals surface area (Å²) in [5.41, 5.74) is 2.39. The lowest BCUT2D eigenvalue weighted by atomic mass is 10.1. The first kappa shape index (κ1) is 25.8. The zero-order chi connectivity index (χ0) is 25.9. The summed E-state index contributed by atoms with van der Waals surface area (Å²) in [5, 5.41) is 7.41. The van der Waals surface area contributed by atoms with Gasteiger partial charge < -0.3 is 4.74 Å². The molecule has 0 aliphatic rings. The van der Waals surface area contributed by atoms with Gasteiger partial charge in [-0.3, -0.25) is 4.79 Å². The maximum Gasteiger partial charge on any atom is 0.282 e. The van der Waals surface area contributed by atoms with Gasteiger partial charge in [0.25, 0.3) is 5.56 Å². The van der Waals surface area contributed by atoms with Gasteiger partial charge in [-0.2, -0.15) is 9.78 Å². The summed E-state index contributed by atoms with van der Waals surface area (Å²) in [4.78, 5) is 17.9. The van der Waals surface area contributed by atoms with Crippen molar-refractivity contribution in [3.05, 3.63) is 114 Å². The van der Waals surface area contributed by atoms with Gasteiger partial charge in [-0.1, -0.05) is 65.3 Å². The number of rotatable bonds is 7. The lowest BCUT2D eigenvalue weighted by molar-refractivity contribution is 0.303. The van der Waals surface area contributed by atoms with Crippen molar-refractivity contribution in [3.63, 3.8) is 0 Å². The molecule has 186 valence electrons. The molecule has 0 aliphatic carbocycles. The predicted molar refractivity (Wildman–Crippen MR) is 161 cm³/mol. The molecule has 5 aromatic rings. The molecule has 5 nitrogen and oxygen atoms in total. The van der Waals surface area contributed by atoms with Crippen LogP contribution < -0.4 is 10.3 Å². The molecule has 0 aliphatic heterocycles. The molecule has 0 bridgehead atoms. The number of benzene rings is 4. The smallest absolute Gasteiger partial charge is 0.282 e. The van der Waals surface area contributed by atoms with E-state index in [0.717, 1.165) is 31.0 Å². The molecule has 1 heterocycles. The minimum Gasteiger partial charge on any atom is -0.487 e. The highest BCUT2D eigenvalue weighted by molar-refractivity contribution is 9.11. The number of hydrogen-bond acceptors (Lipinski definition) is 4. The third kappa shape index (κ3) is 5.56. The summed E-state index contributed by atoms with van der Waals surface area (Å²) in [5.74, 6) is 1.33. The van der Waals surface area contributed by atoms with E-state index in [1.54, 1.807) is 12.3 Å². The Morgan fingerprint density at radius 2 is 1.70 bits per heavy atom. The van der Waals surface area contributed by atoms with Crippen molar-refractivity contribution in [2.45, 2.75) is 26.4 Å². The summed E-state index contributed by atoms with van der Waals surface area (Å²) >= 11 is 10.7. The van der Waals surface area contributed by atoms with Gasteiger partial charge in [-0.15, -0.1) is 0 Å². The van der Waals surface area contributed by atoms with E-state index in [1.165, 1.54) is 15.4 Å². The second-order valence-electron chi connectivity index (χ2n) is 8.54. The topological polar surface area (TPSA) is 56.5 Å². The van der Waals surface area contributed by atoms with Crippen molar-refractivity contribution in [2.24, 2.45) is 5.10 Å². The lowest BCUT2D eigenvalue weighted by Crippen LogP contribution is -2.22. The first-order valence-corrected chi connectivity index (χ1v) is 14.2. The number of aryl methyl sites for hydroxylation is 1. The van der Waals surface area contributed by atoms with E-state index in [4.69, 9.17) is 9.72 Å². The van der Waals surface area contributed by atoms with Crippen molar-refractivity contribution in [3.8, 4) is 5.75 Å². The fraction of sp³-hybridized carbons (Fsp3) is 0.138. The number of nitrogens with zero attached hydrogens (tertiary/aromatic N) is 3. The Balaban J connectivity index is 1.44. The van der Waals surface area contributed by atoms with Crippen LogP contribution in [0, 0.1) is 0 Å². The molecule has 5 rings (SSSR count). The molecule has 0 atom stereocenters. The normalized spacial score (nSPS) is 11.6. The molecule has 0 spiro atoms. The highest BCUT2D eigenvalue weighted by atomic mass is 79.9. The number of fused-ring (bicyclic) bond motifs is 2. The van der Waals surface area contributed by atoms with Gasteiger partial charge in [-0.25, -0.2) is 4.98 Å². The van der Waals surface area contributed by atoms with Crippen LogP contribution in [0.5, 0.6) is 5.75 Å². The molecule has 0 unspecified atom stereocenters. The summed E-state index contributed by atoms with van der Waals surface area (Å²) < 4.78 is 9.98. The molecule has 0 N–H and O–H groups in total. The van der Waals surface area contributed by atoms with Crippen LogP contribution in [-0.2, 0) is 13.0 Å². The Morgan fingerprint density at radius 3 is 2.49 bits per heavy atom. The lowest BCUT2D eigenvalue weighted by Gasteiger charge is -2.13. The highest BCUT2D eigenvalue weighted by Gasteiger charge is 2.12. The number of ether oxygens (including phenoxy) is 1. The molecule has 1 aromatic heterocycles. The fourth-order valence-corrected chi connectivity index (χ4v) is 6.00. The van der Waals surface area contributed by atoms with Gasteiger partial charge in [-0.05, 0) is 90.5 Å². The zero-order valence-corrected chi connectivity index (χ0v) is 24.7. The SMILES string of the molecule is CCCc1nc2ccc(Br)cc2c(=O)n1N=Cc1cc(Br)c(OCc2cccc3ccccc23)c(Br)c1. The molecular formula is C29H22Br3N3O2. The minimum absolute atomic E-state index is 0.195. The van der Waals surface area contributed by atoms with Crippen LogP contribution in [0.2, 0.25) is 0 Å². The molecule has 4 aromatic carbocycles. The van der Waals surface area contributed by atoms with Crippen LogP contribution in [0.1, 0.15) is 30.3 Å². The van der Waals surface area contributed by atoms with E-state index in [2.05, 4.69) is 84.1 Å². The maximum absolute atomic E-state index is 13.2. The van der Waals surface area contributed by atoms with Crippen LogP contribution in [0.15, 0.2) is 96.1 Å². The van der Waals surface area contributed by atoms with Crippen molar-refractivity contribution in [1.29, 1.82) is 0 Å². The zero-order valence-electron chi connectivity index (χ0n) is 19.9. The van der Waals surface area contributed by atoms with E-state index in [9.17, 15) is 4.79 Å². The van der Waals surface area contributed by atoms with Crippen LogP contribution >= 0.6 is 47.8 Å². The minimum atomic E-state index is -0.195. The van der Waals surface area contributed by atoms with E-state index in [-0.39, 0.29) is 5.56 Å². The summed E-state index contributed by atoms with van der Waals surface area (Å²) in [7, 11) is 0. The Kier molecular flexibility index (Phi) is 7.88. The summed E-state index contributed by atoms with van der Waals surface area (Å²) in [6.45, 7) is 2.48. The van der Waals surface area contributed by atoms with E-state index in [1.807, 2.05) is 42.5 Å². The predicted octanol–water partition coefficient (Wildman–Crippen LogP) is 8.25. The number of aromatic nitrogens is 2. The second-order valence-corrected chi connectivity index (χ2v) is 11.2. The molecule has 8 heteroatoms. The van der Waals surface area contributed by atoms with E-state index < -0.39 is 0 Å². The van der Waals surface area contributed by atoms with Gasteiger partial charge >= 0.3 is 0 Å². The standard InChI is InChI=1S/C29H22Br3N3O2/c1-2-6-27-34-26-12-11-21(30)15-23(26)29(36)35(27)33-16-18-13-24(31)28(25(32)14-18)37-17-20-9-5-8-19-7-3-4-10-22(19)20/h3-5,7-16H,2,6,17H2,1H3. The largest absolute Gasteiger partial charge is 0.487 e. The molecule has 0 saturated carbocycles. The Morgan fingerprint density at radius 1 is 0.946 bits per heavy atom. The summed E-state index contributed by atoms with van der Waals surface area (Å²) in [6.07, 6.45) is 3.16. The monoisotopic (exact) mass is 681 g/mol. The average molecular weight is 684 g/mol. The second kappa shape index (κ2) is 11.3. The Hall–Kier alpha value is -2.81. The summed E-state index contributed by atoms with van der Waals surface area (Å²) in [6, 6.07) is 23.8. The molecule has 37 heavy (non-hydrogen) atoms. The molecule has 0 radical (unpaired) electrons. The van der Waals surface area contributed by atoms with Gasteiger partial charge in [0, 0.05) is 10.9 Å². The average Bonchev–Trinajstić information content (AvgIpc) is 2.89. The van der Waals surface area contributed by atoms with Gasteiger partial charge in [0.2, 0.25) is 0 Å². The third-order valence-electron chi connectivity index (χ3n) is 5.94. The molecular weight excluding hydrogens is 662 g/mol. The van der Waals surface area contributed by atoms with E-state index in [0.29, 0.717) is 35.5 Å². The van der Waals surface area contributed by atoms with E-state index >= 15 is 0 Å². The van der Waals surface area contributed by atoms with Gasteiger partial charge in [0.1, 0.15) is 18.2 Å². The molecule has 0 saturated heterocycles. The fourth-order valence-electron chi connectivity index (χ4n) is 4.18. The maximum atomic E-state index is 13.2. The van der Waals surface area contributed by atoms with Crippen LogP contribution in [-0.4, -0.2) is 15.9 Å². The van der Waals surface area contributed by atoms with Gasteiger partial charge in [0.15, 0.2) is 0 Å². The van der Waals surface area contributed by atoms with Crippen LogP contribution in [0.3, 0.4) is 0 Å². The Bertz CT molecular complexity index is 1680. The molecule has 0 amide bonds. The van der Waals surface area contributed by atoms with Crippen molar-refractivity contribution >= 4 is 75.7 Å². The van der Waals surface area contributed by atoms with Crippen LogP contribution in [0.4, 0.5) is 0 Å². The first-order chi connectivity index (χ1) is 17.9. The van der Waals surface area contributed by atoms with Crippen LogP contribution in [0.25, 0.3) is 21.7 Å². The van der Waals surface area contributed by atoms with Crippen molar-refractivity contribution < 1.29 is 4.74 Å². The molecule has 0 fully saturated rings. The Labute approximate surface area is 239 Å². The van der Waals surface area contributed by atoms with Crippen molar-refractivity contribution in [1.82, 2.24) is 9.66 Å².